The summed E-state index contributed by atoms with van der Waals surface area (Å²) in [5.74, 6) is -2.62. The molecule has 0 bridgehead atoms. The van der Waals surface area contributed by atoms with Gasteiger partial charge in [0.15, 0.2) is 0 Å². The van der Waals surface area contributed by atoms with Crippen molar-refractivity contribution in [2.24, 2.45) is 0 Å². The highest BCUT2D eigenvalue weighted by molar-refractivity contribution is 5.85. The van der Waals surface area contributed by atoms with E-state index in [0.29, 0.717) is 5.56 Å². The molecule has 0 saturated carbocycles. The average molecular weight is 369 g/mol. The third-order valence-electron chi connectivity index (χ3n) is 3.66. The highest BCUT2D eigenvalue weighted by Crippen LogP contribution is 2.32. The van der Waals surface area contributed by atoms with Crippen LogP contribution in [0, 0.1) is 5.82 Å². The Morgan fingerprint density at radius 3 is 2.23 bits per heavy atom. The van der Waals surface area contributed by atoms with Gasteiger partial charge in [-0.15, -0.1) is 0 Å². The van der Waals surface area contributed by atoms with Gasteiger partial charge in [-0.25, -0.2) is 9.18 Å². The highest BCUT2D eigenvalue weighted by Gasteiger charge is 2.34. The van der Waals surface area contributed by atoms with Crippen molar-refractivity contribution in [2.75, 3.05) is 0 Å². The predicted octanol–water partition coefficient (Wildman–Crippen LogP) is 3.20. The topological polar surface area (TPSA) is 66.4 Å². The number of carboxylic acids is 1. The molecule has 0 saturated heterocycles. The van der Waals surface area contributed by atoms with E-state index in [1.165, 1.54) is 30.3 Å². The number of alkyl halides is 3. The maximum Gasteiger partial charge on any atom is 0.416 e. The molecule has 0 radical (unpaired) electrons. The summed E-state index contributed by atoms with van der Waals surface area (Å²) in [6, 6.07) is 8.10. The van der Waals surface area contributed by atoms with E-state index < -0.39 is 41.9 Å². The summed E-state index contributed by atoms with van der Waals surface area (Å²) in [5.41, 5.74) is -0.725. The Balaban J connectivity index is 2.11. The summed E-state index contributed by atoms with van der Waals surface area (Å²) in [4.78, 5) is 23.3. The van der Waals surface area contributed by atoms with Crippen LogP contribution in [0.4, 0.5) is 17.6 Å². The van der Waals surface area contributed by atoms with Gasteiger partial charge in [-0.3, -0.25) is 4.79 Å². The number of hydrogen-bond acceptors (Lipinski definition) is 2. The number of aliphatic carboxylic acids is 1. The van der Waals surface area contributed by atoms with Gasteiger partial charge in [-0.1, -0.05) is 30.3 Å². The molecule has 4 nitrogen and oxygen atoms in total. The van der Waals surface area contributed by atoms with Crippen molar-refractivity contribution in [3.8, 4) is 0 Å². The van der Waals surface area contributed by atoms with E-state index in [-0.39, 0.29) is 12.0 Å². The Hall–Kier alpha value is -2.90. The minimum absolute atomic E-state index is 0.217. The molecule has 138 valence electrons. The van der Waals surface area contributed by atoms with Gasteiger partial charge in [0.2, 0.25) is 5.91 Å². The molecule has 2 rings (SSSR count). The molecule has 26 heavy (non-hydrogen) atoms. The molecule has 0 aliphatic carbocycles. The Kier molecular flexibility index (Phi) is 5.97. The number of carboxylic acid groups (broad SMARTS) is 1. The number of amides is 1. The summed E-state index contributed by atoms with van der Waals surface area (Å²) < 4.78 is 51.9. The number of carbonyl (C=O) groups is 2. The van der Waals surface area contributed by atoms with E-state index in [0.717, 1.165) is 18.2 Å². The summed E-state index contributed by atoms with van der Waals surface area (Å²) in [6.07, 6.45) is -5.36. The number of halogens is 4. The standard InChI is InChI=1S/C18H15F4NO3/c19-13-7-5-11(6-8-13)9-16(24)23-15(17(25)26)10-12-3-1-2-4-14(12)18(20,21)22/h1-8,15H,9-10H2,(H,23,24)(H,25,26)/t15-/m0/s1. The molecular weight excluding hydrogens is 354 g/mol. The number of carbonyl (C=O) groups excluding carboxylic acids is 1. The first-order valence-electron chi connectivity index (χ1n) is 7.58. The minimum atomic E-state index is -4.63. The summed E-state index contributed by atoms with van der Waals surface area (Å²) in [7, 11) is 0. The average Bonchev–Trinajstić information content (AvgIpc) is 2.56. The van der Waals surface area contributed by atoms with Crippen LogP contribution in [0.2, 0.25) is 0 Å². The van der Waals surface area contributed by atoms with Gasteiger partial charge >= 0.3 is 12.1 Å². The molecule has 2 aromatic rings. The normalized spacial score (nSPS) is 12.5. The van der Waals surface area contributed by atoms with Crippen molar-refractivity contribution in [2.45, 2.75) is 25.1 Å². The zero-order valence-electron chi connectivity index (χ0n) is 13.4. The fraction of sp³-hybridized carbons (Fsp3) is 0.222. The van der Waals surface area contributed by atoms with E-state index in [2.05, 4.69) is 5.32 Å². The van der Waals surface area contributed by atoms with Crippen LogP contribution >= 0.6 is 0 Å². The molecule has 0 aliphatic heterocycles. The minimum Gasteiger partial charge on any atom is -0.480 e. The number of benzene rings is 2. The van der Waals surface area contributed by atoms with Gasteiger partial charge in [-0.2, -0.15) is 13.2 Å². The van der Waals surface area contributed by atoms with Crippen LogP contribution in [-0.4, -0.2) is 23.0 Å². The molecule has 0 fully saturated rings. The van der Waals surface area contributed by atoms with Gasteiger partial charge in [0.05, 0.1) is 12.0 Å². The SMILES string of the molecule is O=C(Cc1ccc(F)cc1)N[C@@H](Cc1ccccc1C(F)(F)F)C(=O)O. The highest BCUT2D eigenvalue weighted by atomic mass is 19.4. The molecule has 1 amide bonds. The van der Waals surface area contributed by atoms with Crippen LogP contribution in [-0.2, 0) is 28.6 Å². The largest absolute Gasteiger partial charge is 0.480 e. The second kappa shape index (κ2) is 7.99. The zero-order valence-corrected chi connectivity index (χ0v) is 13.4. The molecule has 0 unspecified atom stereocenters. The van der Waals surface area contributed by atoms with E-state index >= 15 is 0 Å². The van der Waals surface area contributed by atoms with Gasteiger partial charge in [0.1, 0.15) is 11.9 Å². The lowest BCUT2D eigenvalue weighted by Gasteiger charge is -2.18. The van der Waals surface area contributed by atoms with Crippen molar-refractivity contribution >= 4 is 11.9 Å². The third kappa shape index (κ3) is 5.30. The first-order valence-corrected chi connectivity index (χ1v) is 7.58. The van der Waals surface area contributed by atoms with Crippen LogP contribution in [0.3, 0.4) is 0 Å². The second-order valence-electron chi connectivity index (χ2n) is 5.62. The van der Waals surface area contributed by atoms with Crippen LogP contribution < -0.4 is 5.32 Å². The van der Waals surface area contributed by atoms with Gasteiger partial charge in [-0.05, 0) is 29.3 Å². The molecular formula is C18H15F4NO3. The quantitative estimate of drug-likeness (QED) is 0.769. The van der Waals surface area contributed by atoms with Crippen molar-refractivity contribution in [1.82, 2.24) is 5.32 Å². The lowest BCUT2D eigenvalue weighted by Crippen LogP contribution is -2.43. The van der Waals surface area contributed by atoms with Gasteiger partial charge in [0, 0.05) is 6.42 Å². The first-order chi connectivity index (χ1) is 12.2. The number of hydrogen-bond donors (Lipinski definition) is 2. The van der Waals surface area contributed by atoms with Crippen molar-refractivity contribution < 1.29 is 32.3 Å². The molecule has 0 aromatic heterocycles. The maximum atomic E-state index is 13.0. The number of rotatable bonds is 6. The Morgan fingerprint density at radius 2 is 1.65 bits per heavy atom. The second-order valence-corrected chi connectivity index (χ2v) is 5.62. The zero-order chi connectivity index (χ0) is 19.3. The summed E-state index contributed by atoms with van der Waals surface area (Å²) >= 11 is 0. The van der Waals surface area contributed by atoms with Crippen molar-refractivity contribution in [3.63, 3.8) is 0 Å². The lowest BCUT2D eigenvalue weighted by molar-refractivity contribution is -0.142. The Morgan fingerprint density at radius 1 is 1.04 bits per heavy atom. The van der Waals surface area contributed by atoms with E-state index in [1.54, 1.807) is 0 Å². The smallest absolute Gasteiger partial charge is 0.416 e. The van der Waals surface area contributed by atoms with Crippen LogP contribution in [0.25, 0.3) is 0 Å². The molecule has 0 aliphatic rings. The van der Waals surface area contributed by atoms with E-state index in [1.807, 2.05) is 0 Å². The van der Waals surface area contributed by atoms with Crippen molar-refractivity contribution in [3.05, 3.63) is 71.0 Å². The van der Waals surface area contributed by atoms with E-state index in [9.17, 15) is 32.3 Å². The molecule has 0 spiro atoms. The van der Waals surface area contributed by atoms with Crippen molar-refractivity contribution in [1.29, 1.82) is 0 Å². The Labute approximate surface area is 146 Å². The third-order valence-corrected chi connectivity index (χ3v) is 3.66. The summed E-state index contributed by atoms with van der Waals surface area (Å²) in [5, 5.41) is 11.4. The van der Waals surface area contributed by atoms with Crippen LogP contribution in [0.15, 0.2) is 48.5 Å². The van der Waals surface area contributed by atoms with Crippen LogP contribution in [0.5, 0.6) is 0 Å². The molecule has 8 heteroatoms. The summed E-state index contributed by atoms with van der Waals surface area (Å²) in [6.45, 7) is 0. The number of nitrogens with one attached hydrogen (secondary N) is 1. The lowest BCUT2D eigenvalue weighted by atomic mass is 9.99. The maximum absolute atomic E-state index is 13.0. The molecule has 1 atom stereocenters. The van der Waals surface area contributed by atoms with Gasteiger partial charge < -0.3 is 10.4 Å². The molecule has 0 heterocycles. The fourth-order valence-electron chi connectivity index (χ4n) is 2.43. The van der Waals surface area contributed by atoms with E-state index in [4.69, 9.17) is 0 Å². The van der Waals surface area contributed by atoms with Crippen LogP contribution in [0.1, 0.15) is 16.7 Å². The van der Waals surface area contributed by atoms with Gasteiger partial charge in [0.25, 0.3) is 0 Å². The Bertz CT molecular complexity index is 788. The molecule has 2 N–H and O–H groups in total. The molecule has 2 aromatic carbocycles. The monoisotopic (exact) mass is 369 g/mol. The predicted molar refractivity (Wildman–Crippen MR) is 84.8 cm³/mol. The first kappa shape index (κ1) is 19.4. The fourth-order valence-corrected chi connectivity index (χ4v) is 2.43.